The van der Waals surface area contributed by atoms with Crippen molar-refractivity contribution in [3.05, 3.63) is 23.0 Å². The molecule has 2 N–H and O–H groups in total. The van der Waals surface area contributed by atoms with Crippen LogP contribution in [0, 0.1) is 5.82 Å². The number of sulfonamides is 1. The van der Waals surface area contributed by atoms with Gasteiger partial charge in [-0.15, -0.1) is 0 Å². The molecular formula is C11H16ClFN2O2S. The molecule has 0 radical (unpaired) electrons. The van der Waals surface area contributed by atoms with Gasteiger partial charge in [-0.1, -0.05) is 18.5 Å². The fourth-order valence-corrected chi connectivity index (χ4v) is 3.77. The number of benzene rings is 1. The molecule has 102 valence electrons. The molecule has 0 saturated heterocycles. The summed E-state index contributed by atoms with van der Waals surface area (Å²) in [7, 11) is -3.93. The maximum atomic E-state index is 13.8. The van der Waals surface area contributed by atoms with Crippen LogP contribution in [-0.2, 0) is 10.0 Å². The number of halogens is 2. The Morgan fingerprint density at radius 2 is 2.00 bits per heavy atom. The molecule has 1 aromatic rings. The highest BCUT2D eigenvalue weighted by molar-refractivity contribution is 7.89. The van der Waals surface area contributed by atoms with Crippen molar-refractivity contribution in [3.63, 3.8) is 0 Å². The number of nitrogen functional groups attached to an aromatic ring is 1. The van der Waals surface area contributed by atoms with E-state index in [1.54, 1.807) is 20.8 Å². The number of hydrogen-bond donors (Lipinski definition) is 1. The highest BCUT2D eigenvalue weighted by Crippen LogP contribution is 2.28. The predicted octanol–water partition coefficient (Wildman–Crippen LogP) is 2.48. The Bertz CT molecular complexity index is 546. The van der Waals surface area contributed by atoms with Crippen molar-refractivity contribution in [3.8, 4) is 0 Å². The first-order chi connectivity index (χ1) is 8.21. The Morgan fingerprint density at radius 3 is 2.44 bits per heavy atom. The van der Waals surface area contributed by atoms with E-state index in [0.29, 0.717) is 0 Å². The largest absolute Gasteiger partial charge is 0.396 e. The minimum atomic E-state index is -3.93. The van der Waals surface area contributed by atoms with Gasteiger partial charge in [-0.05, 0) is 26.0 Å². The molecule has 0 atom stereocenters. The minimum Gasteiger partial charge on any atom is -0.396 e. The second kappa shape index (κ2) is 5.42. The van der Waals surface area contributed by atoms with E-state index < -0.39 is 20.7 Å². The third-order valence-electron chi connectivity index (χ3n) is 2.51. The van der Waals surface area contributed by atoms with Crippen LogP contribution in [0.4, 0.5) is 10.1 Å². The molecule has 0 bridgehead atoms. The number of anilines is 1. The highest BCUT2D eigenvalue weighted by Gasteiger charge is 2.29. The molecular weight excluding hydrogens is 279 g/mol. The molecule has 0 saturated carbocycles. The van der Waals surface area contributed by atoms with Gasteiger partial charge in [-0.3, -0.25) is 0 Å². The lowest BCUT2D eigenvalue weighted by Crippen LogP contribution is -2.37. The monoisotopic (exact) mass is 294 g/mol. The summed E-state index contributed by atoms with van der Waals surface area (Å²) in [5, 5.41) is 0.0901. The number of nitrogens with two attached hydrogens (primary N) is 1. The molecule has 7 heteroatoms. The van der Waals surface area contributed by atoms with Crippen LogP contribution in [0.3, 0.4) is 0 Å². The smallest absolute Gasteiger partial charge is 0.246 e. The summed E-state index contributed by atoms with van der Waals surface area (Å²) in [5.74, 6) is -0.960. The van der Waals surface area contributed by atoms with E-state index in [2.05, 4.69) is 0 Å². The second-order valence-electron chi connectivity index (χ2n) is 4.11. The van der Waals surface area contributed by atoms with Gasteiger partial charge in [0.25, 0.3) is 0 Å². The van der Waals surface area contributed by atoms with Gasteiger partial charge in [0.15, 0.2) is 5.82 Å². The van der Waals surface area contributed by atoms with Crippen molar-refractivity contribution in [2.75, 3.05) is 12.3 Å². The SMILES string of the molecule is CCN(C(C)C)S(=O)(=O)c1cc(Cl)cc(N)c1F. The molecule has 4 nitrogen and oxygen atoms in total. The number of nitrogens with zero attached hydrogens (tertiary/aromatic N) is 1. The van der Waals surface area contributed by atoms with Crippen LogP contribution in [-0.4, -0.2) is 25.3 Å². The molecule has 0 aromatic heterocycles. The molecule has 0 fully saturated rings. The molecule has 0 heterocycles. The Morgan fingerprint density at radius 1 is 1.44 bits per heavy atom. The van der Waals surface area contributed by atoms with Crippen molar-refractivity contribution >= 4 is 27.3 Å². The van der Waals surface area contributed by atoms with Gasteiger partial charge in [0, 0.05) is 17.6 Å². The van der Waals surface area contributed by atoms with Crippen LogP contribution in [0.25, 0.3) is 0 Å². The first-order valence-corrected chi connectivity index (χ1v) is 7.30. The second-order valence-corrected chi connectivity index (χ2v) is 6.40. The standard InChI is InChI=1S/C11H16ClFN2O2S/c1-4-15(7(2)3)18(16,17)10-6-8(12)5-9(14)11(10)13/h5-7H,4,14H2,1-3H3. The molecule has 0 unspecified atom stereocenters. The first-order valence-electron chi connectivity index (χ1n) is 5.48. The molecule has 1 rings (SSSR count). The van der Waals surface area contributed by atoms with Crippen molar-refractivity contribution in [1.82, 2.24) is 4.31 Å². The molecule has 18 heavy (non-hydrogen) atoms. The fraction of sp³-hybridized carbons (Fsp3) is 0.455. The summed E-state index contributed by atoms with van der Waals surface area (Å²) in [6, 6.07) is 1.98. The summed E-state index contributed by atoms with van der Waals surface area (Å²) in [6.07, 6.45) is 0. The zero-order chi connectivity index (χ0) is 14.1. The average Bonchev–Trinajstić information content (AvgIpc) is 2.23. The van der Waals surface area contributed by atoms with Gasteiger partial charge < -0.3 is 5.73 Å². The zero-order valence-electron chi connectivity index (χ0n) is 10.4. The van der Waals surface area contributed by atoms with E-state index in [4.69, 9.17) is 17.3 Å². The zero-order valence-corrected chi connectivity index (χ0v) is 12.0. The van der Waals surface area contributed by atoms with Gasteiger partial charge in [0.2, 0.25) is 10.0 Å². The Balaban J connectivity index is 3.46. The predicted molar refractivity (Wildman–Crippen MR) is 70.5 cm³/mol. The van der Waals surface area contributed by atoms with Gasteiger partial charge in [0.05, 0.1) is 5.69 Å². The molecule has 0 aliphatic carbocycles. The van der Waals surface area contributed by atoms with E-state index in [-0.39, 0.29) is 23.3 Å². The van der Waals surface area contributed by atoms with E-state index in [9.17, 15) is 12.8 Å². The Labute approximate surface area is 112 Å². The third-order valence-corrected chi connectivity index (χ3v) is 4.87. The van der Waals surface area contributed by atoms with E-state index in [0.717, 1.165) is 6.07 Å². The van der Waals surface area contributed by atoms with Crippen molar-refractivity contribution < 1.29 is 12.8 Å². The van der Waals surface area contributed by atoms with Gasteiger partial charge in [-0.25, -0.2) is 12.8 Å². The van der Waals surface area contributed by atoms with Crippen LogP contribution in [0.1, 0.15) is 20.8 Å². The lowest BCUT2D eigenvalue weighted by atomic mass is 10.3. The summed E-state index contributed by atoms with van der Waals surface area (Å²) in [6.45, 7) is 5.36. The number of rotatable bonds is 4. The van der Waals surface area contributed by atoms with Gasteiger partial charge in [0.1, 0.15) is 4.90 Å². The molecule has 0 aliphatic heterocycles. The summed E-state index contributed by atoms with van der Waals surface area (Å²) >= 11 is 5.73. The van der Waals surface area contributed by atoms with E-state index >= 15 is 0 Å². The lowest BCUT2D eigenvalue weighted by molar-refractivity contribution is 0.367. The van der Waals surface area contributed by atoms with Crippen LogP contribution < -0.4 is 5.73 Å². The van der Waals surface area contributed by atoms with Crippen molar-refractivity contribution in [1.29, 1.82) is 0 Å². The Hall–Kier alpha value is -0.850. The summed E-state index contributed by atoms with van der Waals surface area (Å²) < 4.78 is 39.6. The maximum Gasteiger partial charge on any atom is 0.246 e. The average molecular weight is 295 g/mol. The highest BCUT2D eigenvalue weighted by atomic mass is 35.5. The molecule has 0 aliphatic rings. The van der Waals surface area contributed by atoms with Crippen LogP contribution >= 0.6 is 11.6 Å². The summed E-state index contributed by atoms with van der Waals surface area (Å²) in [5.41, 5.74) is 5.12. The van der Waals surface area contributed by atoms with Crippen LogP contribution in [0.2, 0.25) is 5.02 Å². The van der Waals surface area contributed by atoms with Crippen LogP contribution in [0.15, 0.2) is 17.0 Å². The van der Waals surface area contributed by atoms with Gasteiger partial charge >= 0.3 is 0 Å². The van der Waals surface area contributed by atoms with E-state index in [1.165, 1.54) is 10.4 Å². The maximum absolute atomic E-state index is 13.8. The molecule has 0 amide bonds. The fourth-order valence-electron chi connectivity index (χ4n) is 1.71. The first kappa shape index (κ1) is 15.2. The topological polar surface area (TPSA) is 63.4 Å². The Kier molecular flexibility index (Phi) is 4.58. The minimum absolute atomic E-state index is 0.0901. The molecule has 0 spiro atoms. The van der Waals surface area contributed by atoms with Crippen LogP contribution in [0.5, 0.6) is 0 Å². The van der Waals surface area contributed by atoms with Crippen molar-refractivity contribution in [2.24, 2.45) is 0 Å². The van der Waals surface area contributed by atoms with Gasteiger partial charge in [-0.2, -0.15) is 4.31 Å². The lowest BCUT2D eigenvalue weighted by Gasteiger charge is -2.24. The van der Waals surface area contributed by atoms with E-state index in [1.807, 2.05) is 0 Å². The number of hydrogen-bond acceptors (Lipinski definition) is 3. The normalized spacial score (nSPS) is 12.4. The molecule has 1 aromatic carbocycles. The van der Waals surface area contributed by atoms with Crippen molar-refractivity contribution in [2.45, 2.75) is 31.7 Å². The third kappa shape index (κ3) is 2.76. The summed E-state index contributed by atoms with van der Waals surface area (Å²) in [4.78, 5) is -0.483. The quantitative estimate of drug-likeness (QED) is 0.868.